The number of hydrazine groups is 1. The number of hydrogen-bond acceptors (Lipinski definition) is 4. The molecule has 0 aliphatic carbocycles. The van der Waals surface area contributed by atoms with E-state index in [9.17, 15) is 0 Å². The Bertz CT molecular complexity index is 749. The number of aryl methyl sites for hydroxylation is 3. The van der Waals surface area contributed by atoms with Crippen molar-refractivity contribution in [2.75, 3.05) is 19.6 Å². The van der Waals surface area contributed by atoms with Crippen LogP contribution in [0.25, 0.3) is 0 Å². The van der Waals surface area contributed by atoms with Gasteiger partial charge in [0.2, 0.25) is 0 Å². The second kappa shape index (κ2) is 6.73. The number of benzene rings is 1. The predicted molar refractivity (Wildman–Crippen MR) is 108 cm³/mol. The van der Waals surface area contributed by atoms with E-state index in [4.69, 9.17) is 4.99 Å². The maximum atomic E-state index is 5.04. The fourth-order valence-corrected chi connectivity index (χ4v) is 5.22. The normalized spacial score (nSPS) is 22.2. The van der Waals surface area contributed by atoms with Crippen LogP contribution in [0, 0.1) is 20.8 Å². The molecular weight excluding hydrogens is 320 g/mol. The van der Waals surface area contributed by atoms with Gasteiger partial charge >= 0.3 is 0 Å². The first-order chi connectivity index (χ1) is 12.5. The Balaban J connectivity index is 1.67. The minimum absolute atomic E-state index is 0.355. The molecule has 26 heavy (non-hydrogen) atoms. The maximum absolute atomic E-state index is 5.04. The van der Waals surface area contributed by atoms with Gasteiger partial charge in [0, 0.05) is 19.1 Å². The van der Waals surface area contributed by atoms with Crippen LogP contribution >= 0.6 is 0 Å². The molecule has 1 atom stereocenters. The highest BCUT2D eigenvalue weighted by atomic mass is 15.6. The van der Waals surface area contributed by atoms with Crippen LogP contribution < -0.4 is 5.43 Å². The molecule has 1 saturated heterocycles. The quantitative estimate of drug-likeness (QED) is 0.887. The molecule has 140 valence electrons. The van der Waals surface area contributed by atoms with E-state index in [1.165, 1.54) is 52.3 Å². The van der Waals surface area contributed by atoms with E-state index in [1.807, 2.05) is 0 Å². The smallest absolute Gasteiger partial charge is 0.129 e. The van der Waals surface area contributed by atoms with E-state index in [0.29, 0.717) is 12.0 Å². The van der Waals surface area contributed by atoms with E-state index in [2.05, 4.69) is 62.1 Å². The van der Waals surface area contributed by atoms with Gasteiger partial charge in [-0.1, -0.05) is 31.5 Å². The minimum atomic E-state index is 0.355. The summed E-state index contributed by atoms with van der Waals surface area (Å²) in [6.45, 7) is 14.3. The first kappa shape index (κ1) is 17.6. The fourth-order valence-electron chi connectivity index (χ4n) is 5.22. The van der Waals surface area contributed by atoms with Crippen molar-refractivity contribution in [2.24, 2.45) is 4.99 Å². The van der Waals surface area contributed by atoms with Gasteiger partial charge in [-0.15, -0.1) is 0 Å². The number of nitrogens with zero attached hydrogens (tertiary/aromatic N) is 3. The highest BCUT2D eigenvalue weighted by molar-refractivity contribution is 5.93. The summed E-state index contributed by atoms with van der Waals surface area (Å²) in [5.41, 5.74) is 10.8. The minimum Gasteiger partial charge on any atom is -0.354 e. The molecule has 0 radical (unpaired) electrons. The molecule has 0 aromatic heterocycles. The summed E-state index contributed by atoms with van der Waals surface area (Å²) in [5, 5.41) is 2.33. The number of rotatable bonds is 4. The molecule has 4 rings (SSSR count). The van der Waals surface area contributed by atoms with Crippen LogP contribution in [0.1, 0.15) is 61.3 Å². The molecule has 0 amide bonds. The van der Waals surface area contributed by atoms with Crippen LogP contribution in [0.4, 0.5) is 0 Å². The van der Waals surface area contributed by atoms with Gasteiger partial charge in [0.15, 0.2) is 0 Å². The first-order valence-electron chi connectivity index (χ1n) is 10.2. The SMILES string of the molecule is CCC(CC)N1CCC2=C1N1NCC(c3c(C)cc(C)cc3C)C1=NC2. The van der Waals surface area contributed by atoms with Crippen LogP contribution in [0.15, 0.2) is 28.5 Å². The van der Waals surface area contributed by atoms with Gasteiger partial charge in [-0.05, 0) is 62.3 Å². The molecule has 3 heterocycles. The highest BCUT2D eigenvalue weighted by Crippen LogP contribution is 2.38. The lowest BCUT2D eigenvalue weighted by Crippen LogP contribution is -2.45. The Morgan fingerprint density at radius 2 is 1.85 bits per heavy atom. The van der Waals surface area contributed by atoms with Gasteiger partial charge in [0.1, 0.15) is 11.7 Å². The van der Waals surface area contributed by atoms with Crippen molar-refractivity contribution in [3.8, 4) is 0 Å². The van der Waals surface area contributed by atoms with Crippen molar-refractivity contribution in [3.05, 3.63) is 45.8 Å². The van der Waals surface area contributed by atoms with Gasteiger partial charge in [-0.2, -0.15) is 0 Å². The van der Waals surface area contributed by atoms with Crippen molar-refractivity contribution >= 4 is 5.84 Å². The Labute approximate surface area is 157 Å². The number of fused-ring (bicyclic) bond motifs is 2. The van der Waals surface area contributed by atoms with Gasteiger partial charge < -0.3 is 4.90 Å². The van der Waals surface area contributed by atoms with E-state index in [-0.39, 0.29) is 0 Å². The molecule has 3 aliphatic heterocycles. The van der Waals surface area contributed by atoms with E-state index in [1.54, 1.807) is 0 Å². The molecule has 0 bridgehead atoms. The summed E-state index contributed by atoms with van der Waals surface area (Å²) in [6, 6.07) is 5.25. The Hall–Kier alpha value is -1.81. The van der Waals surface area contributed by atoms with Gasteiger partial charge in [-0.3, -0.25) is 4.99 Å². The number of amidine groups is 1. The van der Waals surface area contributed by atoms with Crippen LogP contribution in [-0.4, -0.2) is 41.4 Å². The molecule has 4 nitrogen and oxygen atoms in total. The van der Waals surface area contributed by atoms with Crippen molar-refractivity contribution in [1.82, 2.24) is 15.3 Å². The molecule has 1 aromatic rings. The summed E-state index contributed by atoms with van der Waals surface area (Å²) in [4.78, 5) is 7.67. The molecule has 1 unspecified atom stereocenters. The van der Waals surface area contributed by atoms with Crippen LogP contribution in [-0.2, 0) is 0 Å². The second-order valence-electron chi connectivity index (χ2n) is 8.08. The van der Waals surface area contributed by atoms with Gasteiger partial charge in [0.25, 0.3) is 0 Å². The summed E-state index contributed by atoms with van der Waals surface area (Å²) in [7, 11) is 0. The zero-order valence-electron chi connectivity index (χ0n) is 16.9. The zero-order chi connectivity index (χ0) is 18.4. The van der Waals surface area contributed by atoms with Crippen molar-refractivity contribution in [1.29, 1.82) is 0 Å². The topological polar surface area (TPSA) is 30.9 Å². The van der Waals surface area contributed by atoms with Crippen molar-refractivity contribution < 1.29 is 0 Å². The monoisotopic (exact) mass is 352 g/mol. The second-order valence-corrected chi connectivity index (χ2v) is 8.08. The molecule has 0 saturated carbocycles. The highest BCUT2D eigenvalue weighted by Gasteiger charge is 2.42. The van der Waals surface area contributed by atoms with E-state index in [0.717, 1.165) is 26.1 Å². The number of nitrogens with one attached hydrogen (secondary N) is 1. The molecule has 3 aliphatic rings. The lowest BCUT2D eigenvalue weighted by atomic mass is 9.89. The molecule has 0 spiro atoms. The number of hydrogen-bond donors (Lipinski definition) is 1. The average molecular weight is 353 g/mol. The third-order valence-electron chi connectivity index (χ3n) is 6.35. The largest absolute Gasteiger partial charge is 0.354 e. The molecule has 1 fully saturated rings. The molecule has 1 aromatic carbocycles. The molecule has 1 N–H and O–H groups in total. The predicted octanol–water partition coefficient (Wildman–Crippen LogP) is 4.03. The van der Waals surface area contributed by atoms with E-state index >= 15 is 0 Å². The first-order valence-corrected chi connectivity index (χ1v) is 10.2. The number of aliphatic imine (C=N–C) groups is 1. The average Bonchev–Trinajstić information content (AvgIpc) is 3.20. The van der Waals surface area contributed by atoms with Crippen molar-refractivity contribution in [2.45, 2.75) is 65.8 Å². The standard InChI is InChI=1S/C22H32N4/c1-6-18(7-2)25-9-8-17-12-23-21-19(13-24-26(21)22(17)25)20-15(4)10-14(3)11-16(20)5/h10-11,18-19,24H,6-9,12-13H2,1-5H3. The summed E-state index contributed by atoms with van der Waals surface area (Å²) >= 11 is 0. The third kappa shape index (κ3) is 2.66. The Morgan fingerprint density at radius 3 is 2.50 bits per heavy atom. The zero-order valence-corrected chi connectivity index (χ0v) is 16.9. The van der Waals surface area contributed by atoms with Gasteiger partial charge in [-0.25, -0.2) is 10.4 Å². The molecular formula is C22H32N4. The lowest BCUT2D eigenvalue weighted by Gasteiger charge is -2.37. The summed E-state index contributed by atoms with van der Waals surface area (Å²) in [5.74, 6) is 2.99. The van der Waals surface area contributed by atoms with Crippen molar-refractivity contribution in [3.63, 3.8) is 0 Å². The summed E-state index contributed by atoms with van der Waals surface area (Å²) < 4.78 is 0. The van der Waals surface area contributed by atoms with Crippen LogP contribution in [0.5, 0.6) is 0 Å². The Kier molecular flexibility index (Phi) is 4.55. The van der Waals surface area contributed by atoms with E-state index < -0.39 is 0 Å². The Morgan fingerprint density at radius 1 is 1.15 bits per heavy atom. The lowest BCUT2D eigenvalue weighted by molar-refractivity contribution is 0.194. The van der Waals surface area contributed by atoms with Crippen LogP contribution in [0.3, 0.4) is 0 Å². The third-order valence-corrected chi connectivity index (χ3v) is 6.35. The van der Waals surface area contributed by atoms with Gasteiger partial charge in [0.05, 0.1) is 12.5 Å². The van der Waals surface area contributed by atoms with Crippen LogP contribution in [0.2, 0.25) is 0 Å². The fraction of sp³-hybridized carbons (Fsp3) is 0.591. The maximum Gasteiger partial charge on any atom is 0.129 e. The summed E-state index contributed by atoms with van der Waals surface area (Å²) in [6.07, 6.45) is 3.56. The molecule has 4 heteroatoms.